The molecule has 1 atom stereocenters. The summed E-state index contributed by atoms with van der Waals surface area (Å²) < 4.78 is 1.89. The van der Waals surface area contributed by atoms with Crippen LogP contribution in [-0.2, 0) is 11.8 Å². The Morgan fingerprint density at radius 1 is 1.47 bits per heavy atom. The molecular weight excluding hydrogens is 188 g/mol. The van der Waals surface area contributed by atoms with Crippen molar-refractivity contribution >= 4 is 11.5 Å². The smallest absolute Gasteiger partial charge is 0.139 e. The number of hydrogen-bond donors (Lipinski definition) is 1. The standard InChI is InChI=1S/C12H18N2O/c1-8(2)11(9(3)15)12(13)10-5-6-14(4)7-10/h5-8,11,13H,1-4H3. The Balaban J connectivity index is 2.96. The summed E-state index contributed by atoms with van der Waals surface area (Å²) in [5.74, 6) is -0.0403. The Labute approximate surface area is 90.6 Å². The Bertz CT molecular complexity index is 377. The highest BCUT2D eigenvalue weighted by molar-refractivity contribution is 6.11. The number of nitrogens with one attached hydrogen (secondary N) is 1. The topological polar surface area (TPSA) is 45.9 Å². The molecule has 1 heterocycles. The molecule has 1 rings (SSSR count). The van der Waals surface area contributed by atoms with Gasteiger partial charge in [0, 0.05) is 25.0 Å². The molecule has 0 radical (unpaired) electrons. The summed E-state index contributed by atoms with van der Waals surface area (Å²) in [4.78, 5) is 11.5. The van der Waals surface area contributed by atoms with Gasteiger partial charge in [-0.15, -0.1) is 0 Å². The van der Waals surface area contributed by atoms with Gasteiger partial charge >= 0.3 is 0 Å². The van der Waals surface area contributed by atoms with E-state index in [1.165, 1.54) is 0 Å². The maximum absolute atomic E-state index is 11.5. The number of aromatic nitrogens is 1. The van der Waals surface area contributed by atoms with Gasteiger partial charge in [0.1, 0.15) is 5.78 Å². The second-order valence-corrected chi connectivity index (χ2v) is 4.31. The molecule has 15 heavy (non-hydrogen) atoms. The lowest BCUT2D eigenvalue weighted by Gasteiger charge is -2.18. The van der Waals surface area contributed by atoms with Crippen LogP contribution in [0.5, 0.6) is 0 Å². The maximum Gasteiger partial charge on any atom is 0.139 e. The summed E-state index contributed by atoms with van der Waals surface area (Å²) >= 11 is 0. The minimum Gasteiger partial charge on any atom is -0.357 e. The van der Waals surface area contributed by atoms with Gasteiger partial charge < -0.3 is 9.98 Å². The first-order valence-electron chi connectivity index (χ1n) is 5.14. The Morgan fingerprint density at radius 2 is 2.07 bits per heavy atom. The summed E-state index contributed by atoms with van der Waals surface area (Å²) in [6.45, 7) is 5.51. The molecule has 0 saturated heterocycles. The average molecular weight is 206 g/mol. The van der Waals surface area contributed by atoms with Gasteiger partial charge in [0.05, 0.1) is 11.6 Å². The molecule has 82 valence electrons. The molecular formula is C12H18N2O. The third kappa shape index (κ3) is 2.55. The van der Waals surface area contributed by atoms with Crippen molar-refractivity contribution in [1.29, 1.82) is 5.41 Å². The van der Waals surface area contributed by atoms with Crippen molar-refractivity contribution in [3.63, 3.8) is 0 Å². The fraction of sp³-hybridized carbons (Fsp3) is 0.500. The first-order valence-corrected chi connectivity index (χ1v) is 5.14. The Morgan fingerprint density at radius 3 is 2.40 bits per heavy atom. The number of ketones is 1. The van der Waals surface area contributed by atoms with Crippen LogP contribution in [0.15, 0.2) is 18.5 Å². The lowest BCUT2D eigenvalue weighted by Crippen LogP contribution is -2.27. The van der Waals surface area contributed by atoms with Gasteiger partial charge in [-0.05, 0) is 18.9 Å². The Kier molecular flexibility index (Phi) is 3.45. The number of hydrogen-bond acceptors (Lipinski definition) is 2. The zero-order valence-corrected chi connectivity index (χ0v) is 9.74. The molecule has 0 fully saturated rings. The summed E-state index contributed by atoms with van der Waals surface area (Å²) in [5.41, 5.74) is 1.27. The number of rotatable bonds is 4. The highest BCUT2D eigenvalue weighted by Gasteiger charge is 2.24. The van der Waals surface area contributed by atoms with Gasteiger partial charge in [-0.3, -0.25) is 4.79 Å². The van der Waals surface area contributed by atoms with Gasteiger partial charge in [0.25, 0.3) is 0 Å². The van der Waals surface area contributed by atoms with Crippen molar-refractivity contribution < 1.29 is 4.79 Å². The summed E-state index contributed by atoms with van der Waals surface area (Å²) in [6.07, 6.45) is 3.77. The number of carbonyl (C=O) groups is 1. The molecule has 0 aliphatic carbocycles. The van der Waals surface area contributed by atoms with Crippen LogP contribution in [0.25, 0.3) is 0 Å². The third-order valence-corrected chi connectivity index (χ3v) is 2.56. The first-order chi connectivity index (χ1) is 6.93. The van der Waals surface area contributed by atoms with Crippen molar-refractivity contribution in [2.45, 2.75) is 20.8 Å². The largest absolute Gasteiger partial charge is 0.357 e. The normalized spacial score (nSPS) is 12.9. The van der Waals surface area contributed by atoms with E-state index < -0.39 is 0 Å². The van der Waals surface area contributed by atoms with Crippen LogP contribution in [0.2, 0.25) is 0 Å². The van der Waals surface area contributed by atoms with Crippen molar-refractivity contribution in [1.82, 2.24) is 4.57 Å². The van der Waals surface area contributed by atoms with E-state index in [9.17, 15) is 4.79 Å². The number of Topliss-reactive ketones (excluding diaryl/α,β-unsaturated/α-hetero) is 1. The Hall–Kier alpha value is -1.38. The molecule has 1 N–H and O–H groups in total. The minimum absolute atomic E-state index is 0.0684. The third-order valence-electron chi connectivity index (χ3n) is 2.56. The molecule has 3 nitrogen and oxygen atoms in total. The molecule has 0 saturated carbocycles. The average Bonchev–Trinajstić information content (AvgIpc) is 2.50. The van der Waals surface area contributed by atoms with E-state index in [2.05, 4.69) is 0 Å². The quantitative estimate of drug-likeness (QED) is 0.754. The minimum atomic E-state index is -0.285. The fourth-order valence-electron chi connectivity index (χ4n) is 1.85. The maximum atomic E-state index is 11.5. The summed E-state index contributed by atoms with van der Waals surface area (Å²) in [7, 11) is 1.91. The van der Waals surface area contributed by atoms with E-state index in [-0.39, 0.29) is 17.6 Å². The monoisotopic (exact) mass is 206 g/mol. The second-order valence-electron chi connectivity index (χ2n) is 4.31. The molecule has 1 aromatic heterocycles. The molecule has 1 aromatic rings. The van der Waals surface area contributed by atoms with Crippen LogP contribution >= 0.6 is 0 Å². The molecule has 0 aliphatic rings. The zero-order valence-electron chi connectivity index (χ0n) is 9.74. The second kappa shape index (κ2) is 4.43. The summed E-state index contributed by atoms with van der Waals surface area (Å²) in [5, 5.41) is 8.03. The van der Waals surface area contributed by atoms with E-state index >= 15 is 0 Å². The predicted molar refractivity (Wildman–Crippen MR) is 61.3 cm³/mol. The van der Waals surface area contributed by atoms with Gasteiger partial charge in [0.2, 0.25) is 0 Å². The lowest BCUT2D eigenvalue weighted by molar-refractivity contribution is -0.119. The highest BCUT2D eigenvalue weighted by Crippen LogP contribution is 2.18. The van der Waals surface area contributed by atoms with E-state index in [0.717, 1.165) is 5.56 Å². The number of carbonyl (C=O) groups excluding carboxylic acids is 1. The highest BCUT2D eigenvalue weighted by atomic mass is 16.1. The van der Waals surface area contributed by atoms with Gasteiger partial charge in [-0.2, -0.15) is 0 Å². The van der Waals surface area contributed by atoms with Crippen LogP contribution in [0.4, 0.5) is 0 Å². The number of aryl methyl sites for hydroxylation is 1. The molecule has 0 spiro atoms. The molecule has 1 unspecified atom stereocenters. The van der Waals surface area contributed by atoms with Gasteiger partial charge in [0.15, 0.2) is 0 Å². The van der Waals surface area contributed by atoms with Crippen LogP contribution in [0.3, 0.4) is 0 Å². The van der Waals surface area contributed by atoms with E-state index in [0.29, 0.717) is 5.71 Å². The fourth-order valence-corrected chi connectivity index (χ4v) is 1.85. The lowest BCUT2D eigenvalue weighted by atomic mass is 9.85. The first kappa shape index (κ1) is 11.7. The van der Waals surface area contributed by atoms with Gasteiger partial charge in [-0.25, -0.2) is 0 Å². The zero-order chi connectivity index (χ0) is 11.6. The van der Waals surface area contributed by atoms with Crippen LogP contribution in [0.1, 0.15) is 26.3 Å². The molecule has 0 aromatic carbocycles. The van der Waals surface area contributed by atoms with Crippen LogP contribution in [-0.4, -0.2) is 16.1 Å². The molecule has 3 heteroatoms. The van der Waals surface area contributed by atoms with E-state index in [1.807, 2.05) is 43.9 Å². The molecule has 0 aliphatic heterocycles. The predicted octanol–water partition coefficient (Wildman–Crippen LogP) is 2.25. The van der Waals surface area contributed by atoms with E-state index in [1.54, 1.807) is 6.92 Å². The molecule has 0 bridgehead atoms. The van der Waals surface area contributed by atoms with Crippen molar-refractivity contribution in [3.8, 4) is 0 Å². The van der Waals surface area contributed by atoms with Crippen molar-refractivity contribution in [3.05, 3.63) is 24.0 Å². The van der Waals surface area contributed by atoms with Crippen molar-refractivity contribution in [2.24, 2.45) is 18.9 Å². The number of nitrogens with zero attached hydrogens (tertiary/aromatic N) is 1. The summed E-state index contributed by atoms with van der Waals surface area (Å²) in [6, 6.07) is 1.88. The van der Waals surface area contributed by atoms with E-state index in [4.69, 9.17) is 5.41 Å². The molecule has 0 amide bonds. The van der Waals surface area contributed by atoms with Crippen LogP contribution in [0, 0.1) is 17.2 Å². The van der Waals surface area contributed by atoms with Crippen molar-refractivity contribution in [2.75, 3.05) is 0 Å². The SMILES string of the molecule is CC(=O)C(C(=N)c1ccn(C)c1)C(C)C. The van der Waals surface area contributed by atoms with Gasteiger partial charge in [-0.1, -0.05) is 13.8 Å². The van der Waals surface area contributed by atoms with Crippen LogP contribution < -0.4 is 0 Å².